The van der Waals surface area contributed by atoms with Crippen molar-refractivity contribution in [2.75, 3.05) is 13.3 Å². The molecule has 138 valence electrons. The van der Waals surface area contributed by atoms with Crippen molar-refractivity contribution in [2.45, 2.75) is 45.3 Å². The second-order valence-electron chi connectivity index (χ2n) is 8.18. The van der Waals surface area contributed by atoms with Crippen molar-refractivity contribution in [2.24, 2.45) is 0 Å². The van der Waals surface area contributed by atoms with Crippen LogP contribution in [-0.2, 0) is 13.9 Å². The summed E-state index contributed by atoms with van der Waals surface area (Å²) in [6, 6.07) is 16.3. The second kappa shape index (κ2) is 6.67. The Morgan fingerprint density at radius 3 is 1.81 bits per heavy atom. The molecule has 0 amide bonds. The van der Waals surface area contributed by atoms with Gasteiger partial charge in [-0.25, -0.2) is 0 Å². The van der Waals surface area contributed by atoms with Crippen LogP contribution in [0.5, 0.6) is 0 Å². The van der Waals surface area contributed by atoms with Crippen molar-refractivity contribution >= 4 is 25.0 Å². The van der Waals surface area contributed by atoms with Gasteiger partial charge in [0.25, 0.3) is 0 Å². The minimum absolute atomic E-state index is 0.291. The smallest absolute Gasteiger partial charge is 0.399 e. The molecule has 0 aromatic heterocycles. The van der Waals surface area contributed by atoms with E-state index in [-0.39, 0.29) is 18.3 Å². The highest BCUT2D eigenvalue weighted by Crippen LogP contribution is 2.39. The zero-order valence-electron chi connectivity index (χ0n) is 16.6. The zero-order chi connectivity index (χ0) is 19.2. The maximum atomic E-state index is 12.2. The molecule has 0 saturated carbocycles. The molecule has 1 fully saturated rings. The summed E-state index contributed by atoms with van der Waals surface area (Å²) >= 11 is 0. The Kier molecular flexibility index (Phi) is 4.98. The largest absolute Gasteiger partial charge is 0.494 e. The normalized spacial score (nSPS) is 22.6. The maximum Gasteiger partial charge on any atom is 0.494 e. The second-order valence-corrected chi connectivity index (χ2v) is 11.4. The van der Waals surface area contributed by atoms with Crippen LogP contribution in [-0.4, -0.2) is 31.7 Å². The van der Waals surface area contributed by atoms with E-state index >= 15 is 0 Å². The van der Waals surface area contributed by atoms with E-state index < -0.39 is 7.14 Å². The first-order chi connectivity index (χ1) is 12.1. The van der Waals surface area contributed by atoms with Gasteiger partial charge in [-0.2, -0.15) is 0 Å². The molecule has 0 N–H and O–H groups in total. The summed E-state index contributed by atoms with van der Waals surface area (Å²) in [6.45, 7) is 12.0. The molecule has 2 aromatic carbocycles. The standard InChI is InChI=1S/C21H28BO3P/c1-7-21(4)20(2,3)24-22(25-21)18-12-8-16(9-13-18)17-10-14-19(15-11-17)26(5,6)23/h8-15H,7H2,1-6H3. The molecule has 1 aliphatic heterocycles. The van der Waals surface area contributed by atoms with E-state index in [0.29, 0.717) is 0 Å². The average molecular weight is 370 g/mol. The van der Waals surface area contributed by atoms with Crippen LogP contribution in [0.1, 0.15) is 34.1 Å². The Morgan fingerprint density at radius 2 is 1.38 bits per heavy atom. The highest BCUT2D eigenvalue weighted by molar-refractivity contribution is 7.70. The van der Waals surface area contributed by atoms with E-state index in [0.717, 1.165) is 28.3 Å². The molecule has 0 spiro atoms. The summed E-state index contributed by atoms with van der Waals surface area (Å²) in [4.78, 5) is 0. The SMILES string of the molecule is CCC1(C)OB(c2ccc(-c3ccc(P(C)(C)=O)cc3)cc2)OC1(C)C. The first-order valence-electron chi connectivity index (χ1n) is 9.17. The number of hydrogen-bond acceptors (Lipinski definition) is 3. The topological polar surface area (TPSA) is 35.5 Å². The predicted molar refractivity (Wildman–Crippen MR) is 111 cm³/mol. The van der Waals surface area contributed by atoms with Crippen LogP contribution in [0.3, 0.4) is 0 Å². The van der Waals surface area contributed by atoms with Crippen molar-refractivity contribution < 1.29 is 13.9 Å². The van der Waals surface area contributed by atoms with E-state index in [4.69, 9.17) is 9.31 Å². The van der Waals surface area contributed by atoms with Gasteiger partial charge in [0.05, 0.1) is 11.2 Å². The van der Waals surface area contributed by atoms with Crippen molar-refractivity contribution in [3.8, 4) is 11.1 Å². The van der Waals surface area contributed by atoms with Gasteiger partial charge in [-0.15, -0.1) is 0 Å². The van der Waals surface area contributed by atoms with Crippen molar-refractivity contribution in [1.29, 1.82) is 0 Å². The predicted octanol–water partition coefficient (Wildman–Crippen LogP) is 4.29. The van der Waals surface area contributed by atoms with Crippen LogP contribution in [0.4, 0.5) is 0 Å². The van der Waals surface area contributed by atoms with Gasteiger partial charge >= 0.3 is 7.12 Å². The van der Waals surface area contributed by atoms with Gasteiger partial charge in [0.2, 0.25) is 0 Å². The third-order valence-electron chi connectivity index (χ3n) is 5.72. The van der Waals surface area contributed by atoms with Crippen molar-refractivity contribution in [1.82, 2.24) is 0 Å². The fraction of sp³-hybridized carbons (Fsp3) is 0.429. The minimum Gasteiger partial charge on any atom is -0.399 e. The molecule has 1 heterocycles. The molecule has 2 aromatic rings. The quantitative estimate of drug-likeness (QED) is 0.595. The monoisotopic (exact) mass is 370 g/mol. The lowest BCUT2D eigenvalue weighted by atomic mass is 9.78. The van der Waals surface area contributed by atoms with Gasteiger partial charge in [0.15, 0.2) is 0 Å². The first kappa shape index (κ1) is 19.4. The molecule has 0 aliphatic carbocycles. The number of benzene rings is 2. The van der Waals surface area contributed by atoms with Crippen LogP contribution in [0.15, 0.2) is 48.5 Å². The van der Waals surface area contributed by atoms with Crippen LogP contribution in [0.2, 0.25) is 0 Å². The van der Waals surface area contributed by atoms with Crippen molar-refractivity contribution in [3.63, 3.8) is 0 Å². The van der Waals surface area contributed by atoms with Crippen LogP contribution < -0.4 is 10.8 Å². The molecule has 0 bridgehead atoms. The Balaban J connectivity index is 1.80. The van der Waals surface area contributed by atoms with Crippen LogP contribution in [0.25, 0.3) is 11.1 Å². The molecule has 5 heteroatoms. The summed E-state index contributed by atoms with van der Waals surface area (Å²) in [6.07, 6.45) is 0.902. The van der Waals surface area contributed by atoms with Crippen LogP contribution >= 0.6 is 7.14 Å². The molecule has 0 radical (unpaired) electrons. The molecule has 1 unspecified atom stereocenters. The summed E-state index contributed by atoms with van der Waals surface area (Å²) in [7, 11) is -2.55. The summed E-state index contributed by atoms with van der Waals surface area (Å²) in [5.74, 6) is 0. The lowest BCUT2D eigenvalue weighted by Gasteiger charge is -2.35. The van der Waals surface area contributed by atoms with Gasteiger partial charge in [-0.3, -0.25) is 0 Å². The summed E-state index contributed by atoms with van der Waals surface area (Å²) < 4.78 is 24.6. The zero-order valence-corrected chi connectivity index (χ0v) is 17.5. The van der Waals surface area contributed by atoms with E-state index in [1.54, 1.807) is 13.3 Å². The summed E-state index contributed by atoms with van der Waals surface area (Å²) in [5.41, 5.74) is 2.65. The lowest BCUT2D eigenvalue weighted by Crippen LogP contribution is -2.44. The molecule has 3 rings (SSSR count). The van der Waals surface area contributed by atoms with Crippen molar-refractivity contribution in [3.05, 3.63) is 48.5 Å². The van der Waals surface area contributed by atoms with Crippen LogP contribution in [0, 0.1) is 0 Å². The van der Waals surface area contributed by atoms with Gasteiger partial charge in [0, 0.05) is 5.30 Å². The Labute approximate surface area is 157 Å². The van der Waals surface area contributed by atoms with E-state index in [1.807, 2.05) is 24.3 Å². The fourth-order valence-corrected chi connectivity index (χ4v) is 4.15. The molecular weight excluding hydrogens is 342 g/mol. The highest BCUT2D eigenvalue weighted by atomic mass is 31.2. The van der Waals surface area contributed by atoms with Gasteiger partial charge in [0.1, 0.15) is 7.14 Å². The Bertz CT molecular complexity index is 823. The first-order valence-corrected chi connectivity index (χ1v) is 11.8. The van der Waals surface area contributed by atoms with Gasteiger partial charge in [-0.1, -0.05) is 55.5 Å². The molecule has 26 heavy (non-hydrogen) atoms. The Morgan fingerprint density at radius 1 is 0.885 bits per heavy atom. The molecule has 1 atom stereocenters. The lowest BCUT2D eigenvalue weighted by molar-refractivity contribution is -0.0118. The maximum absolute atomic E-state index is 12.2. The third-order valence-corrected chi connectivity index (χ3v) is 7.26. The molecule has 1 aliphatic rings. The van der Waals surface area contributed by atoms with E-state index in [1.165, 1.54) is 0 Å². The van der Waals surface area contributed by atoms with Gasteiger partial charge < -0.3 is 13.9 Å². The molecule has 3 nitrogen and oxygen atoms in total. The van der Waals surface area contributed by atoms with E-state index in [9.17, 15) is 4.57 Å². The average Bonchev–Trinajstić information content (AvgIpc) is 2.84. The van der Waals surface area contributed by atoms with Gasteiger partial charge in [-0.05, 0) is 57.1 Å². The Hall–Kier alpha value is -1.35. The third kappa shape index (κ3) is 3.56. The summed E-state index contributed by atoms with van der Waals surface area (Å²) in [5, 5.41) is 0.909. The van der Waals surface area contributed by atoms with E-state index in [2.05, 4.69) is 52.0 Å². The number of hydrogen-bond donors (Lipinski definition) is 0. The number of rotatable bonds is 4. The minimum atomic E-state index is -2.21. The fourth-order valence-electron chi connectivity index (χ4n) is 3.29. The molecular formula is C21H28BO3P. The molecule has 1 saturated heterocycles. The highest BCUT2D eigenvalue weighted by Gasteiger charge is 2.53.